The number of benzene rings is 1. The summed E-state index contributed by atoms with van der Waals surface area (Å²) in [5, 5.41) is 8.54. The maximum atomic E-state index is 11.3. The van der Waals surface area contributed by atoms with Crippen molar-refractivity contribution in [3.8, 4) is 0 Å². The van der Waals surface area contributed by atoms with Crippen molar-refractivity contribution in [2.75, 3.05) is 0 Å². The Labute approximate surface area is 90.5 Å². The minimum absolute atomic E-state index is 0.457. The van der Waals surface area contributed by atoms with Crippen LogP contribution in [0, 0.1) is 0 Å². The van der Waals surface area contributed by atoms with Gasteiger partial charge in [0.2, 0.25) is 5.91 Å². The molecule has 1 aromatic carbocycles. The Hall–Kier alpha value is -2.43. The lowest BCUT2D eigenvalue weighted by molar-refractivity contribution is 0.100. The van der Waals surface area contributed by atoms with Gasteiger partial charge in [-0.05, 0) is 12.1 Å². The van der Waals surface area contributed by atoms with Crippen LogP contribution in [0.15, 0.2) is 36.7 Å². The molecule has 2 heterocycles. The van der Waals surface area contributed by atoms with E-state index in [1.54, 1.807) is 12.4 Å². The van der Waals surface area contributed by atoms with Gasteiger partial charge in [0.05, 0.1) is 11.1 Å². The van der Waals surface area contributed by atoms with Crippen molar-refractivity contribution in [3.63, 3.8) is 0 Å². The van der Waals surface area contributed by atoms with Crippen LogP contribution in [-0.4, -0.2) is 20.5 Å². The summed E-state index contributed by atoms with van der Waals surface area (Å²) in [5.74, 6) is -0.457. The zero-order valence-electron chi connectivity index (χ0n) is 8.29. The molecule has 0 saturated heterocycles. The Morgan fingerprint density at radius 2 is 2.12 bits per heavy atom. The van der Waals surface area contributed by atoms with Gasteiger partial charge in [-0.1, -0.05) is 18.2 Å². The Bertz CT molecular complexity index is 701. The van der Waals surface area contributed by atoms with E-state index in [1.807, 2.05) is 28.7 Å². The number of rotatable bonds is 1. The molecule has 0 saturated carbocycles. The molecule has 0 aliphatic carbocycles. The maximum absolute atomic E-state index is 11.3. The molecular formula is C11H8N4O. The van der Waals surface area contributed by atoms with E-state index in [0.29, 0.717) is 11.2 Å². The van der Waals surface area contributed by atoms with Gasteiger partial charge in [0.25, 0.3) is 0 Å². The molecule has 0 radical (unpaired) electrons. The van der Waals surface area contributed by atoms with Crippen LogP contribution in [0.4, 0.5) is 0 Å². The molecule has 3 rings (SSSR count). The molecule has 0 atom stereocenters. The van der Waals surface area contributed by atoms with E-state index in [0.717, 1.165) is 10.9 Å². The number of carbonyl (C=O) groups is 1. The van der Waals surface area contributed by atoms with Gasteiger partial charge in [0.1, 0.15) is 6.33 Å². The van der Waals surface area contributed by atoms with E-state index in [1.165, 1.54) is 0 Å². The van der Waals surface area contributed by atoms with Crippen molar-refractivity contribution in [1.29, 1.82) is 0 Å². The summed E-state index contributed by atoms with van der Waals surface area (Å²) in [5.41, 5.74) is 7.30. The Morgan fingerprint density at radius 1 is 1.31 bits per heavy atom. The zero-order valence-corrected chi connectivity index (χ0v) is 8.29. The molecule has 0 aliphatic heterocycles. The van der Waals surface area contributed by atoms with Crippen molar-refractivity contribution in [2.24, 2.45) is 5.73 Å². The second kappa shape index (κ2) is 3.03. The van der Waals surface area contributed by atoms with Crippen molar-refractivity contribution in [3.05, 3.63) is 42.2 Å². The Kier molecular flexibility index (Phi) is 1.67. The number of hydrogen-bond donors (Lipinski definition) is 1. The standard InChI is InChI=1S/C11H8N4O/c12-11(16)8-5-10-14-13-6-15(10)9-4-2-1-3-7(8)9/h1-6H,(H2,12,16). The third kappa shape index (κ3) is 1.08. The molecule has 0 aliphatic rings. The number of fused-ring (bicyclic) bond motifs is 3. The van der Waals surface area contributed by atoms with Crippen LogP contribution in [0.25, 0.3) is 16.6 Å². The smallest absolute Gasteiger partial charge is 0.249 e. The minimum atomic E-state index is -0.457. The fourth-order valence-electron chi connectivity index (χ4n) is 1.85. The van der Waals surface area contributed by atoms with E-state index in [9.17, 15) is 4.79 Å². The summed E-state index contributed by atoms with van der Waals surface area (Å²) in [4.78, 5) is 11.3. The first-order valence-electron chi connectivity index (χ1n) is 4.78. The van der Waals surface area contributed by atoms with Gasteiger partial charge in [-0.15, -0.1) is 10.2 Å². The molecule has 1 amide bonds. The van der Waals surface area contributed by atoms with E-state index >= 15 is 0 Å². The summed E-state index contributed by atoms with van der Waals surface area (Å²) >= 11 is 0. The average Bonchev–Trinajstić information content (AvgIpc) is 2.75. The molecule has 3 aromatic rings. The van der Waals surface area contributed by atoms with Crippen molar-refractivity contribution >= 4 is 22.5 Å². The third-order valence-electron chi connectivity index (χ3n) is 2.57. The summed E-state index contributed by atoms with van der Waals surface area (Å²) in [6, 6.07) is 9.17. The highest BCUT2D eigenvalue weighted by molar-refractivity contribution is 6.06. The number of primary amides is 1. The normalized spacial score (nSPS) is 11.0. The molecule has 0 fully saturated rings. The fraction of sp³-hybridized carbons (Fsp3) is 0. The largest absolute Gasteiger partial charge is 0.366 e. The number of pyridine rings is 1. The van der Waals surface area contributed by atoms with Crippen LogP contribution in [0.2, 0.25) is 0 Å². The quantitative estimate of drug-likeness (QED) is 0.653. The zero-order chi connectivity index (χ0) is 11.1. The molecule has 5 heteroatoms. The first-order valence-corrected chi connectivity index (χ1v) is 4.78. The van der Waals surface area contributed by atoms with Gasteiger partial charge < -0.3 is 5.73 Å². The van der Waals surface area contributed by atoms with Crippen LogP contribution < -0.4 is 5.73 Å². The second-order valence-electron chi connectivity index (χ2n) is 3.50. The van der Waals surface area contributed by atoms with Gasteiger partial charge in [-0.3, -0.25) is 9.20 Å². The summed E-state index contributed by atoms with van der Waals surface area (Å²) in [7, 11) is 0. The van der Waals surface area contributed by atoms with E-state index in [4.69, 9.17) is 5.73 Å². The van der Waals surface area contributed by atoms with Crippen LogP contribution in [0.3, 0.4) is 0 Å². The summed E-state index contributed by atoms with van der Waals surface area (Å²) in [6.45, 7) is 0. The van der Waals surface area contributed by atoms with Crippen LogP contribution in [0.1, 0.15) is 10.4 Å². The van der Waals surface area contributed by atoms with E-state index in [-0.39, 0.29) is 0 Å². The van der Waals surface area contributed by atoms with Gasteiger partial charge in [-0.25, -0.2) is 0 Å². The first kappa shape index (κ1) is 8.84. The Balaban J connectivity index is 2.60. The van der Waals surface area contributed by atoms with E-state index in [2.05, 4.69) is 10.2 Å². The highest BCUT2D eigenvalue weighted by Gasteiger charge is 2.10. The second-order valence-corrected chi connectivity index (χ2v) is 3.50. The number of nitrogens with two attached hydrogens (primary N) is 1. The molecule has 0 unspecified atom stereocenters. The van der Waals surface area contributed by atoms with Gasteiger partial charge in [-0.2, -0.15) is 0 Å². The number of carbonyl (C=O) groups excluding carboxylic acids is 1. The monoisotopic (exact) mass is 212 g/mol. The van der Waals surface area contributed by atoms with Crippen LogP contribution >= 0.6 is 0 Å². The number of hydrogen-bond acceptors (Lipinski definition) is 3. The average molecular weight is 212 g/mol. The molecule has 5 nitrogen and oxygen atoms in total. The molecule has 16 heavy (non-hydrogen) atoms. The minimum Gasteiger partial charge on any atom is -0.366 e. The highest BCUT2D eigenvalue weighted by Crippen LogP contribution is 2.20. The highest BCUT2D eigenvalue weighted by atomic mass is 16.1. The van der Waals surface area contributed by atoms with Crippen molar-refractivity contribution < 1.29 is 4.79 Å². The van der Waals surface area contributed by atoms with Gasteiger partial charge in [0, 0.05) is 5.39 Å². The lowest BCUT2D eigenvalue weighted by Gasteiger charge is -2.04. The molecule has 0 bridgehead atoms. The third-order valence-corrected chi connectivity index (χ3v) is 2.57. The van der Waals surface area contributed by atoms with Crippen LogP contribution in [0.5, 0.6) is 0 Å². The number of para-hydroxylation sites is 1. The lowest BCUT2D eigenvalue weighted by Crippen LogP contribution is -2.12. The summed E-state index contributed by atoms with van der Waals surface area (Å²) in [6.07, 6.45) is 1.61. The number of nitrogens with zero attached hydrogens (tertiary/aromatic N) is 3. The molecule has 78 valence electrons. The fourth-order valence-corrected chi connectivity index (χ4v) is 1.85. The first-order chi connectivity index (χ1) is 7.77. The van der Waals surface area contributed by atoms with Gasteiger partial charge in [0.15, 0.2) is 5.65 Å². The van der Waals surface area contributed by atoms with Crippen molar-refractivity contribution in [2.45, 2.75) is 0 Å². The topological polar surface area (TPSA) is 73.3 Å². The lowest BCUT2D eigenvalue weighted by atomic mass is 10.1. The number of aromatic nitrogens is 3. The number of amides is 1. The predicted molar refractivity (Wildman–Crippen MR) is 59.0 cm³/mol. The molecule has 0 spiro atoms. The van der Waals surface area contributed by atoms with E-state index < -0.39 is 5.91 Å². The summed E-state index contributed by atoms with van der Waals surface area (Å²) < 4.78 is 1.82. The van der Waals surface area contributed by atoms with Gasteiger partial charge >= 0.3 is 0 Å². The Morgan fingerprint density at radius 3 is 2.94 bits per heavy atom. The van der Waals surface area contributed by atoms with Crippen LogP contribution in [-0.2, 0) is 0 Å². The molecule has 2 N–H and O–H groups in total. The van der Waals surface area contributed by atoms with Crippen molar-refractivity contribution in [1.82, 2.24) is 14.6 Å². The molecular weight excluding hydrogens is 204 g/mol. The molecule has 2 aromatic heterocycles. The predicted octanol–water partition coefficient (Wildman–Crippen LogP) is 0.981. The SMILES string of the molecule is NC(=O)c1cc2nncn2c2ccccc12. The maximum Gasteiger partial charge on any atom is 0.249 e.